The van der Waals surface area contributed by atoms with Gasteiger partial charge in [-0.15, -0.1) is 0 Å². The molecule has 2 rings (SSSR count). The topological polar surface area (TPSA) is 63.2 Å². The molecule has 0 aliphatic heterocycles. The Kier molecular flexibility index (Phi) is 5.95. The molecule has 2 aromatic rings. The van der Waals surface area contributed by atoms with Crippen molar-refractivity contribution in [1.82, 2.24) is 0 Å². The highest BCUT2D eigenvalue weighted by atomic mass is 32.2. The monoisotopic (exact) mass is 371 g/mol. The highest BCUT2D eigenvalue weighted by Gasteiger charge is 2.10. The first-order valence-corrected chi connectivity index (χ1v) is 9.80. The summed E-state index contributed by atoms with van der Waals surface area (Å²) in [6.07, 6.45) is 1.12. The number of alkyl halides is 2. The smallest absolute Gasteiger partial charge is 0.288 e. The summed E-state index contributed by atoms with van der Waals surface area (Å²) in [5.41, 5.74) is 1.31. The molecular weight excluding hydrogens is 356 g/mol. The summed E-state index contributed by atoms with van der Waals surface area (Å²) in [5.74, 6) is -3.05. The van der Waals surface area contributed by atoms with Gasteiger partial charge >= 0.3 is 0 Å². The maximum Gasteiger partial charge on any atom is 0.288 e. The lowest BCUT2D eigenvalue weighted by Gasteiger charge is -2.08. The van der Waals surface area contributed by atoms with E-state index in [-0.39, 0.29) is 5.75 Å². The molecule has 0 spiro atoms. The zero-order valence-electron chi connectivity index (χ0n) is 12.7. The first-order chi connectivity index (χ1) is 11.2. The first kappa shape index (κ1) is 18.4. The van der Waals surface area contributed by atoms with Crippen LogP contribution in [0.3, 0.4) is 0 Å². The molecule has 0 radical (unpaired) electrons. The van der Waals surface area contributed by atoms with Crippen LogP contribution in [0.25, 0.3) is 0 Å². The number of anilines is 1. The van der Waals surface area contributed by atoms with Crippen molar-refractivity contribution < 1.29 is 22.0 Å². The number of thioether (sulfide) groups is 1. The van der Waals surface area contributed by atoms with Crippen molar-refractivity contribution in [3.8, 4) is 0 Å². The van der Waals surface area contributed by atoms with Gasteiger partial charge in [-0.2, -0.15) is 8.78 Å². The molecule has 24 heavy (non-hydrogen) atoms. The van der Waals surface area contributed by atoms with Gasteiger partial charge in [0.15, 0.2) is 9.84 Å². The predicted octanol–water partition coefficient (Wildman–Crippen LogP) is 3.80. The van der Waals surface area contributed by atoms with E-state index in [0.717, 1.165) is 6.26 Å². The SMILES string of the molecule is CS(=O)(=O)Cc1cccc(C(=O)Nc2ccc(SC(F)F)cc2)c1. The number of benzene rings is 2. The van der Waals surface area contributed by atoms with Crippen molar-refractivity contribution in [3.05, 3.63) is 59.7 Å². The van der Waals surface area contributed by atoms with Crippen molar-refractivity contribution in [1.29, 1.82) is 0 Å². The predicted molar refractivity (Wildman–Crippen MR) is 91.2 cm³/mol. The molecule has 0 aliphatic rings. The molecule has 0 aliphatic carbocycles. The third-order valence-corrected chi connectivity index (χ3v) is 4.54. The summed E-state index contributed by atoms with van der Waals surface area (Å²) in [4.78, 5) is 12.6. The normalized spacial score (nSPS) is 11.5. The average molecular weight is 371 g/mol. The summed E-state index contributed by atoms with van der Waals surface area (Å²) in [6.45, 7) is 0. The Hall–Kier alpha value is -1.93. The zero-order valence-corrected chi connectivity index (χ0v) is 14.3. The Morgan fingerprint density at radius 3 is 2.42 bits per heavy atom. The number of hydrogen-bond acceptors (Lipinski definition) is 4. The molecule has 0 fully saturated rings. The van der Waals surface area contributed by atoms with Crippen LogP contribution in [0.15, 0.2) is 53.4 Å². The molecule has 1 N–H and O–H groups in total. The van der Waals surface area contributed by atoms with Crippen LogP contribution in [-0.2, 0) is 15.6 Å². The van der Waals surface area contributed by atoms with E-state index in [9.17, 15) is 22.0 Å². The Morgan fingerprint density at radius 1 is 1.17 bits per heavy atom. The van der Waals surface area contributed by atoms with E-state index in [1.54, 1.807) is 18.2 Å². The van der Waals surface area contributed by atoms with Gasteiger partial charge in [0.25, 0.3) is 11.7 Å². The highest BCUT2D eigenvalue weighted by molar-refractivity contribution is 7.99. The van der Waals surface area contributed by atoms with Crippen LogP contribution in [0.2, 0.25) is 0 Å². The lowest BCUT2D eigenvalue weighted by atomic mass is 10.1. The van der Waals surface area contributed by atoms with Crippen LogP contribution in [0, 0.1) is 0 Å². The minimum atomic E-state index is -3.19. The van der Waals surface area contributed by atoms with Crippen LogP contribution < -0.4 is 5.32 Å². The first-order valence-electron chi connectivity index (χ1n) is 6.86. The van der Waals surface area contributed by atoms with Gasteiger partial charge in [-0.1, -0.05) is 23.9 Å². The fourth-order valence-electron chi connectivity index (χ4n) is 2.03. The fraction of sp³-hybridized carbons (Fsp3) is 0.188. The molecule has 0 atom stereocenters. The number of hydrogen-bond donors (Lipinski definition) is 1. The van der Waals surface area contributed by atoms with Gasteiger partial charge in [0.2, 0.25) is 0 Å². The van der Waals surface area contributed by atoms with Crippen molar-refractivity contribution >= 4 is 33.2 Å². The van der Waals surface area contributed by atoms with Crippen molar-refractivity contribution in [2.45, 2.75) is 16.4 Å². The van der Waals surface area contributed by atoms with Gasteiger partial charge in [0.1, 0.15) is 0 Å². The Bertz CT molecular complexity index is 821. The van der Waals surface area contributed by atoms with Crippen LogP contribution in [0.4, 0.5) is 14.5 Å². The Balaban J connectivity index is 2.08. The molecule has 0 saturated carbocycles. The molecule has 2 aromatic carbocycles. The van der Waals surface area contributed by atoms with Crippen LogP contribution in [0.5, 0.6) is 0 Å². The molecule has 0 heterocycles. The number of nitrogens with one attached hydrogen (secondary N) is 1. The highest BCUT2D eigenvalue weighted by Crippen LogP contribution is 2.26. The number of amides is 1. The third-order valence-electron chi connectivity index (χ3n) is 2.96. The average Bonchev–Trinajstić information content (AvgIpc) is 2.47. The van der Waals surface area contributed by atoms with Gasteiger partial charge in [-0.25, -0.2) is 8.42 Å². The molecule has 4 nitrogen and oxygen atoms in total. The van der Waals surface area contributed by atoms with Gasteiger partial charge < -0.3 is 5.32 Å². The fourth-order valence-corrected chi connectivity index (χ4v) is 3.31. The van der Waals surface area contributed by atoms with Crippen LogP contribution in [0.1, 0.15) is 15.9 Å². The quantitative estimate of drug-likeness (QED) is 0.785. The number of carbonyl (C=O) groups excluding carboxylic acids is 1. The Labute approximate surface area is 143 Å². The number of carbonyl (C=O) groups is 1. The number of halogens is 2. The summed E-state index contributed by atoms with van der Waals surface area (Å²) in [5, 5.41) is 2.64. The largest absolute Gasteiger partial charge is 0.322 e. The van der Waals surface area contributed by atoms with Crippen molar-refractivity contribution in [3.63, 3.8) is 0 Å². The molecule has 8 heteroatoms. The molecule has 128 valence electrons. The van der Waals surface area contributed by atoms with E-state index in [1.807, 2.05) is 0 Å². The summed E-state index contributed by atoms with van der Waals surface area (Å²) in [6, 6.07) is 12.4. The number of rotatable bonds is 6. The summed E-state index contributed by atoms with van der Waals surface area (Å²) in [7, 11) is -3.19. The minimum absolute atomic E-state index is 0.145. The zero-order chi connectivity index (χ0) is 17.7. The van der Waals surface area contributed by atoms with E-state index < -0.39 is 21.5 Å². The van der Waals surface area contributed by atoms with Crippen molar-refractivity contribution in [2.75, 3.05) is 11.6 Å². The second-order valence-corrected chi connectivity index (χ2v) is 8.33. The lowest BCUT2D eigenvalue weighted by Crippen LogP contribution is -2.12. The van der Waals surface area contributed by atoms with E-state index in [2.05, 4.69) is 5.32 Å². The van der Waals surface area contributed by atoms with E-state index in [1.165, 1.54) is 30.3 Å². The number of sulfone groups is 1. The minimum Gasteiger partial charge on any atom is -0.322 e. The van der Waals surface area contributed by atoms with E-state index in [0.29, 0.717) is 33.5 Å². The van der Waals surface area contributed by atoms with Gasteiger partial charge in [-0.05, 0) is 42.0 Å². The lowest BCUT2D eigenvalue weighted by molar-refractivity contribution is 0.102. The second-order valence-electron chi connectivity index (χ2n) is 5.13. The summed E-state index contributed by atoms with van der Waals surface area (Å²) < 4.78 is 47.2. The van der Waals surface area contributed by atoms with Crippen LogP contribution in [-0.4, -0.2) is 26.3 Å². The van der Waals surface area contributed by atoms with Gasteiger partial charge in [-0.3, -0.25) is 4.79 Å². The van der Waals surface area contributed by atoms with Crippen LogP contribution >= 0.6 is 11.8 Å². The second kappa shape index (κ2) is 7.76. The molecule has 0 saturated heterocycles. The molecule has 0 bridgehead atoms. The van der Waals surface area contributed by atoms with Crippen molar-refractivity contribution in [2.24, 2.45) is 0 Å². The summed E-state index contributed by atoms with van der Waals surface area (Å²) >= 11 is 0.427. The van der Waals surface area contributed by atoms with E-state index in [4.69, 9.17) is 0 Å². The maximum atomic E-state index is 12.3. The third kappa shape index (κ3) is 5.93. The maximum absolute atomic E-state index is 12.3. The molecule has 1 amide bonds. The molecule has 0 unspecified atom stereocenters. The standard InChI is InChI=1S/C16H15F2NO3S2/c1-24(21,22)10-11-3-2-4-12(9-11)15(20)19-13-5-7-14(8-6-13)23-16(17)18/h2-9,16H,10H2,1H3,(H,19,20). The molecular formula is C16H15F2NO3S2. The van der Waals surface area contributed by atoms with Gasteiger partial charge in [0, 0.05) is 22.4 Å². The van der Waals surface area contributed by atoms with Gasteiger partial charge in [0.05, 0.1) is 5.75 Å². The Morgan fingerprint density at radius 2 is 1.83 bits per heavy atom. The molecule has 0 aromatic heterocycles. The van der Waals surface area contributed by atoms with E-state index >= 15 is 0 Å².